The van der Waals surface area contributed by atoms with Crippen molar-refractivity contribution in [2.24, 2.45) is 0 Å². The maximum atomic E-state index is 12.2. The fourth-order valence-electron chi connectivity index (χ4n) is 3.09. The van der Waals surface area contributed by atoms with Crippen molar-refractivity contribution in [3.8, 4) is 0 Å². The molecule has 1 saturated heterocycles. The minimum atomic E-state index is -0.211. The molecule has 25 heavy (non-hydrogen) atoms. The van der Waals surface area contributed by atoms with E-state index in [4.69, 9.17) is 4.42 Å². The van der Waals surface area contributed by atoms with Crippen LogP contribution in [0, 0.1) is 6.92 Å². The number of aromatic nitrogens is 3. The van der Waals surface area contributed by atoms with Gasteiger partial charge in [0.15, 0.2) is 5.58 Å². The molecule has 1 atom stereocenters. The number of aryl methyl sites for hydroxylation is 1. The third-order valence-corrected chi connectivity index (χ3v) is 4.42. The molecule has 0 unspecified atom stereocenters. The summed E-state index contributed by atoms with van der Waals surface area (Å²) in [6, 6.07) is 8.50. The molecular formula is C18H19N5O2. The first-order valence-electron chi connectivity index (χ1n) is 8.40. The van der Waals surface area contributed by atoms with Gasteiger partial charge in [0.1, 0.15) is 11.2 Å². The Balaban J connectivity index is 1.44. The zero-order valence-corrected chi connectivity index (χ0v) is 14.0. The summed E-state index contributed by atoms with van der Waals surface area (Å²) in [5, 5.41) is 2.94. The van der Waals surface area contributed by atoms with Gasteiger partial charge in [-0.25, -0.2) is 4.98 Å². The molecule has 3 aromatic rings. The Bertz CT molecular complexity index is 857. The zero-order valence-electron chi connectivity index (χ0n) is 14.0. The summed E-state index contributed by atoms with van der Waals surface area (Å²) in [4.78, 5) is 27.1. The van der Waals surface area contributed by atoms with Crippen molar-refractivity contribution in [3.63, 3.8) is 0 Å². The lowest BCUT2D eigenvalue weighted by atomic mass is 10.2. The molecule has 0 saturated carbocycles. The molecule has 128 valence electrons. The summed E-state index contributed by atoms with van der Waals surface area (Å²) in [5.41, 5.74) is 2.75. The lowest BCUT2D eigenvalue weighted by molar-refractivity contribution is 0.0945. The van der Waals surface area contributed by atoms with Crippen molar-refractivity contribution in [3.05, 3.63) is 48.0 Å². The van der Waals surface area contributed by atoms with E-state index in [0.29, 0.717) is 18.3 Å². The van der Waals surface area contributed by atoms with Gasteiger partial charge < -0.3 is 14.6 Å². The van der Waals surface area contributed by atoms with Gasteiger partial charge in [0.05, 0.1) is 17.9 Å². The highest BCUT2D eigenvalue weighted by Crippen LogP contribution is 2.27. The second-order valence-corrected chi connectivity index (χ2v) is 6.21. The quantitative estimate of drug-likeness (QED) is 0.786. The van der Waals surface area contributed by atoms with Crippen LogP contribution in [-0.4, -0.2) is 40.0 Å². The van der Waals surface area contributed by atoms with E-state index in [1.54, 1.807) is 6.20 Å². The van der Waals surface area contributed by atoms with E-state index in [-0.39, 0.29) is 11.9 Å². The number of fused-ring (bicyclic) bond motifs is 1. The summed E-state index contributed by atoms with van der Waals surface area (Å²) < 4.78 is 5.87. The summed E-state index contributed by atoms with van der Waals surface area (Å²) in [5.74, 6) is -0.211. The maximum Gasteiger partial charge on any atom is 0.298 e. The molecule has 1 N–H and O–H groups in total. The van der Waals surface area contributed by atoms with E-state index in [2.05, 4.69) is 25.2 Å². The SMILES string of the molecule is Cc1cnc(C(=O)NC[C@H]2CCCN2c2nc3ccccc3o2)cn1. The predicted octanol–water partition coefficient (Wildman–Crippen LogP) is 2.33. The topological polar surface area (TPSA) is 84.2 Å². The Hall–Kier alpha value is -2.96. The first-order chi connectivity index (χ1) is 12.2. The minimum absolute atomic E-state index is 0.162. The van der Waals surface area contributed by atoms with Crippen molar-refractivity contribution < 1.29 is 9.21 Å². The van der Waals surface area contributed by atoms with Crippen LogP contribution in [0.1, 0.15) is 29.0 Å². The van der Waals surface area contributed by atoms with Crippen LogP contribution < -0.4 is 10.2 Å². The number of para-hydroxylation sites is 2. The molecule has 0 bridgehead atoms. The third kappa shape index (κ3) is 3.17. The molecule has 3 heterocycles. The van der Waals surface area contributed by atoms with Crippen LogP contribution in [-0.2, 0) is 0 Å². The number of carbonyl (C=O) groups is 1. The molecule has 1 fully saturated rings. The number of carbonyl (C=O) groups excluding carboxylic acids is 1. The monoisotopic (exact) mass is 337 g/mol. The van der Waals surface area contributed by atoms with Crippen LogP contribution in [0.2, 0.25) is 0 Å². The second-order valence-electron chi connectivity index (χ2n) is 6.21. The molecular weight excluding hydrogens is 318 g/mol. The van der Waals surface area contributed by atoms with Crippen molar-refractivity contribution in [1.82, 2.24) is 20.3 Å². The van der Waals surface area contributed by atoms with E-state index >= 15 is 0 Å². The number of hydrogen-bond acceptors (Lipinski definition) is 6. The number of rotatable bonds is 4. The molecule has 1 aliphatic heterocycles. The molecule has 0 spiro atoms. The minimum Gasteiger partial charge on any atom is -0.423 e. The van der Waals surface area contributed by atoms with Gasteiger partial charge in [-0.3, -0.25) is 9.78 Å². The maximum absolute atomic E-state index is 12.2. The number of anilines is 1. The smallest absolute Gasteiger partial charge is 0.298 e. The van der Waals surface area contributed by atoms with Crippen molar-refractivity contribution in [2.45, 2.75) is 25.8 Å². The molecule has 4 rings (SSSR count). The van der Waals surface area contributed by atoms with Crippen molar-refractivity contribution >= 4 is 23.0 Å². The molecule has 7 nitrogen and oxygen atoms in total. The molecule has 1 aromatic carbocycles. The standard InChI is InChI=1S/C18H19N5O2/c1-12-9-20-15(11-19-12)17(24)21-10-13-5-4-8-23(13)18-22-14-6-2-3-7-16(14)25-18/h2-3,6-7,9,11,13H,4-5,8,10H2,1H3,(H,21,24)/t13-/m1/s1. The van der Waals surface area contributed by atoms with Crippen LogP contribution in [0.15, 0.2) is 41.1 Å². The first kappa shape index (κ1) is 15.6. The number of nitrogens with zero attached hydrogens (tertiary/aromatic N) is 4. The van der Waals surface area contributed by atoms with Gasteiger partial charge in [-0.05, 0) is 31.9 Å². The molecule has 0 radical (unpaired) electrons. The first-order valence-corrected chi connectivity index (χ1v) is 8.40. The molecule has 0 aliphatic carbocycles. The molecule has 1 amide bonds. The second kappa shape index (κ2) is 6.51. The summed E-state index contributed by atoms with van der Waals surface area (Å²) in [7, 11) is 0. The highest BCUT2D eigenvalue weighted by Gasteiger charge is 2.28. The van der Waals surface area contributed by atoms with Gasteiger partial charge in [0.25, 0.3) is 11.9 Å². The highest BCUT2D eigenvalue weighted by molar-refractivity contribution is 5.91. The van der Waals surface area contributed by atoms with Gasteiger partial charge in [-0.15, -0.1) is 0 Å². The van der Waals surface area contributed by atoms with Crippen molar-refractivity contribution in [2.75, 3.05) is 18.0 Å². The Morgan fingerprint density at radius 1 is 1.32 bits per heavy atom. The average Bonchev–Trinajstić information content (AvgIpc) is 3.26. The Morgan fingerprint density at radius 3 is 3.00 bits per heavy atom. The zero-order chi connectivity index (χ0) is 17.2. The van der Waals surface area contributed by atoms with Gasteiger partial charge in [-0.1, -0.05) is 12.1 Å². The largest absolute Gasteiger partial charge is 0.423 e. The Kier molecular flexibility index (Phi) is 4.05. The number of benzene rings is 1. The molecule has 7 heteroatoms. The van der Waals surface area contributed by atoms with E-state index in [1.165, 1.54) is 6.20 Å². The Labute approximate surface area is 145 Å². The van der Waals surface area contributed by atoms with Crippen LogP contribution in [0.5, 0.6) is 0 Å². The summed E-state index contributed by atoms with van der Waals surface area (Å²) in [6.07, 6.45) is 5.12. The van der Waals surface area contributed by atoms with E-state index < -0.39 is 0 Å². The fraction of sp³-hybridized carbons (Fsp3) is 0.333. The normalized spacial score (nSPS) is 17.2. The van der Waals surface area contributed by atoms with E-state index in [0.717, 1.165) is 36.2 Å². The highest BCUT2D eigenvalue weighted by atomic mass is 16.4. The third-order valence-electron chi connectivity index (χ3n) is 4.42. The van der Waals surface area contributed by atoms with Gasteiger partial charge in [0, 0.05) is 19.3 Å². The lowest BCUT2D eigenvalue weighted by Gasteiger charge is -2.22. The molecule has 2 aromatic heterocycles. The lowest BCUT2D eigenvalue weighted by Crippen LogP contribution is -2.40. The van der Waals surface area contributed by atoms with Crippen molar-refractivity contribution in [1.29, 1.82) is 0 Å². The number of hydrogen-bond donors (Lipinski definition) is 1. The van der Waals surface area contributed by atoms with Gasteiger partial charge >= 0.3 is 0 Å². The van der Waals surface area contributed by atoms with Gasteiger partial charge in [-0.2, -0.15) is 4.98 Å². The fourth-order valence-corrected chi connectivity index (χ4v) is 3.09. The van der Waals surface area contributed by atoms with E-state index in [9.17, 15) is 4.79 Å². The van der Waals surface area contributed by atoms with Crippen LogP contribution in [0.4, 0.5) is 6.01 Å². The predicted molar refractivity (Wildman–Crippen MR) is 93.5 cm³/mol. The number of nitrogens with one attached hydrogen (secondary N) is 1. The summed E-state index contributed by atoms with van der Waals surface area (Å²) in [6.45, 7) is 3.23. The van der Waals surface area contributed by atoms with Gasteiger partial charge in [0.2, 0.25) is 0 Å². The van der Waals surface area contributed by atoms with E-state index in [1.807, 2.05) is 31.2 Å². The number of amides is 1. The van der Waals surface area contributed by atoms with Crippen LogP contribution in [0.3, 0.4) is 0 Å². The van der Waals surface area contributed by atoms with Crippen LogP contribution >= 0.6 is 0 Å². The van der Waals surface area contributed by atoms with Crippen LogP contribution in [0.25, 0.3) is 11.1 Å². The summed E-state index contributed by atoms with van der Waals surface area (Å²) >= 11 is 0. The molecule has 1 aliphatic rings. The number of oxazole rings is 1. The Morgan fingerprint density at radius 2 is 2.20 bits per heavy atom. The average molecular weight is 337 g/mol.